The predicted octanol–water partition coefficient (Wildman–Crippen LogP) is 3.66. The van der Waals surface area contributed by atoms with Crippen LogP contribution in [0.3, 0.4) is 0 Å². The molecule has 0 aliphatic carbocycles. The lowest BCUT2D eigenvalue weighted by atomic mass is 10.1. The molecule has 0 saturated carbocycles. The zero-order chi connectivity index (χ0) is 15.7. The molecule has 0 amide bonds. The van der Waals surface area contributed by atoms with Crippen molar-refractivity contribution in [3.8, 4) is 0 Å². The van der Waals surface area contributed by atoms with E-state index in [-0.39, 0.29) is 11.9 Å². The number of hydrogen-bond acceptors (Lipinski definition) is 2. The summed E-state index contributed by atoms with van der Waals surface area (Å²) in [7, 11) is -3.57. The van der Waals surface area contributed by atoms with Crippen molar-refractivity contribution in [2.24, 2.45) is 0 Å². The summed E-state index contributed by atoms with van der Waals surface area (Å²) in [4.78, 5) is 0.332. The first-order valence-corrected chi connectivity index (χ1v) is 8.77. The first kappa shape index (κ1) is 15.2. The van der Waals surface area contributed by atoms with Crippen LogP contribution in [-0.2, 0) is 10.0 Å². The minimum atomic E-state index is -3.57. The molecule has 22 heavy (non-hydrogen) atoms. The molecule has 0 unspecified atom stereocenters. The minimum absolute atomic E-state index is 0.291. The Hall–Kier alpha value is -1.72. The van der Waals surface area contributed by atoms with E-state index in [0.717, 1.165) is 17.5 Å². The van der Waals surface area contributed by atoms with Crippen LogP contribution in [0, 0.1) is 12.7 Å². The number of sulfonamides is 1. The fourth-order valence-electron chi connectivity index (χ4n) is 3.05. The van der Waals surface area contributed by atoms with Crippen molar-refractivity contribution in [2.45, 2.75) is 30.7 Å². The van der Waals surface area contributed by atoms with Crippen molar-refractivity contribution in [2.75, 3.05) is 6.54 Å². The molecule has 0 radical (unpaired) electrons. The Morgan fingerprint density at radius 2 is 1.91 bits per heavy atom. The van der Waals surface area contributed by atoms with Gasteiger partial charge in [0.2, 0.25) is 10.0 Å². The predicted molar refractivity (Wildman–Crippen MR) is 83.4 cm³/mol. The Morgan fingerprint density at radius 3 is 2.64 bits per heavy atom. The lowest BCUT2D eigenvalue weighted by molar-refractivity contribution is 0.395. The Labute approximate surface area is 130 Å². The van der Waals surface area contributed by atoms with E-state index >= 15 is 0 Å². The van der Waals surface area contributed by atoms with Gasteiger partial charge in [-0.2, -0.15) is 4.31 Å². The monoisotopic (exact) mass is 319 g/mol. The lowest BCUT2D eigenvalue weighted by Crippen LogP contribution is -2.31. The van der Waals surface area contributed by atoms with Crippen LogP contribution < -0.4 is 0 Å². The van der Waals surface area contributed by atoms with Gasteiger partial charge in [-0.3, -0.25) is 0 Å². The van der Waals surface area contributed by atoms with Gasteiger partial charge in [-0.25, -0.2) is 12.8 Å². The summed E-state index contributed by atoms with van der Waals surface area (Å²) >= 11 is 0. The molecule has 2 aromatic rings. The highest BCUT2D eigenvalue weighted by Crippen LogP contribution is 2.37. The van der Waals surface area contributed by atoms with Crippen LogP contribution in [0.2, 0.25) is 0 Å². The largest absolute Gasteiger partial charge is 0.243 e. The number of nitrogens with zero attached hydrogens (tertiary/aromatic N) is 1. The molecule has 0 bridgehead atoms. The Balaban J connectivity index is 2.01. The van der Waals surface area contributed by atoms with Gasteiger partial charge in [-0.1, -0.05) is 30.3 Å². The van der Waals surface area contributed by atoms with E-state index in [9.17, 15) is 12.8 Å². The van der Waals surface area contributed by atoms with Gasteiger partial charge in [-0.15, -0.1) is 0 Å². The fraction of sp³-hybridized carbons (Fsp3) is 0.294. The third-order valence-electron chi connectivity index (χ3n) is 4.12. The second-order valence-corrected chi connectivity index (χ2v) is 7.45. The zero-order valence-corrected chi connectivity index (χ0v) is 13.2. The van der Waals surface area contributed by atoms with Crippen molar-refractivity contribution in [1.82, 2.24) is 4.31 Å². The van der Waals surface area contributed by atoms with Crippen LogP contribution >= 0.6 is 0 Å². The SMILES string of the molecule is Cc1ccccc1S(=O)(=O)N1CCC[C@@H]1c1cccc(F)c1. The molecule has 1 atom stereocenters. The molecule has 1 fully saturated rings. The third kappa shape index (κ3) is 2.66. The number of benzene rings is 2. The van der Waals surface area contributed by atoms with E-state index in [0.29, 0.717) is 17.9 Å². The highest BCUT2D eigenvalue weighted by molar-refractivity contribution is 7.89. The number of aryl methyl sites for hydroxylation is 1. The zero-order valence-electron chi connectivity index (χ0n) is 12.4. The van der Waals surface area contributed by atoms with Crippen molar-refractivity contribution in [3.63, 3.8) is 0 Å². The van der Waals surface area contributed by atoms with Crippen LogP contribution in [0.1, 0.15) is 30.0 Å². The quantitative estimate of drug-likeness (QED) is 0.866. The van der Waals surface area contributed by atoms with Gasteiger partial charge in [0.05, 0.1) is 10.9 Å². The Morgan fingerprint density at radius 1 is 1.14 bits per heavy atom. The van der Waals surface area contributed by atoms with Gasteiger partial charge in [0.25, 0.3) is 0 Å². The molecule has 5 heteroatoms. The van der Waals surface area contributed by atoms with Crippen LogP contribution in [0.15, 0.2) is 53.4 Å². The molecule has 2 aromatic carbocycles. The van der Waals surface area contributed by atoms with E-state index in [1.54, 1.807) is 37.3 Å². The molecule has 3 rings (SSSR count). The normalized spacial score (nSPS) is 19.5. The average molecular weight is 319 g/mol. The molecule has 0 spiro atoms. The first-order valence-electron chi connectivity index (χ1n) is 7.33. The van der Waals surface area contributed by atoms with Gasteiger partial charge in [0.15, 0.2) is 0 Å². The molecule has 0 aromatic heterocycles. The summed E-state index contributed by atoms with van der Waals surface area (Å²) in [5.41, 5.74) is 1.45. The van der Waals surface area contributed by atoms with E-state index in [1.807, 2.05) is 6.07 Å². The molecule has 1 heterocycles. The second kappa shape index (κ2) is 5.82. The van der Waals surface area contributed by atoms with Crippen molar-refractivity contribution >= 4 is 10.0 Å². The van der Waals surface area contributed by atoms with E-state index in [2.05, 4.69) is 0 Å². The summed E-state index contributed by atoms with van der Waals surface area (Å²) in [5.74, 6) is -0.336. The van der Waals surface area contributed by atoms with Crippen LogP contribution in [0.25, 0.3) is 0 Å². The van der Waals surface area contributed by atoms with E-state index < -0.39 is 10.0 Å². The molecule has 1 aliphatic rings. The summed E-state index contributed by atoms with van der Waals surface area (Å²) in [6, 6.07) is 12.9. The lowest BCUT2D eigenvalue weighted by Gasteiger charge is -2.25. The van der Waals surface area contributed by atoms with Gasteiger partial charge in [0.1, 0.15) is 5.82 Å². The van der Waals surface area contributed by atoms with Gasteiger partial charge < -0.3 is 0 Å². The second-order valence-electron chi connectivity index (χ2n) is 5.59. The highest BCUT2D eigenvalue weighted by Gasteiger charge is 2.36. The molecular formula is C17H18FNO2S. The van der Waals surface area contributed by atoms with E-state index in [1.165, 1.54) is 16.4 Å². The fourth-order valence-corrected chi connectivity index (χ4v) is 4.96. The molecule has 1 saturated heterocycles. The maximum absolute atomic E-state index is 13.5. The van der Waals surface area contributed by atoms with Crippen molar-refractivity contribution in [3.05, 3.63) is 65.5 Å². The maximum atomic E-state index is 13.5. The molecule has 0 N–H and O–H groups in total. The number of rotatable bonds is 3. The standard InChI is InChI=1S/C17H18FNO2S/c1-13-6-2-3-10-17(13)22(20,21)19-11-5-9-16(19)14-7-4-8-15(18)12-14/h2-4,6-8,10,12,16H,5,9,11H2,1H3/t16-/m1/s1. The van der Waals surface area contributed by atoms with Gasteiger partial charge in [0, 0.05) is 6.54 Å². The number of halogens is 1. The Bertz CT molecular complexity index is 789. The van der Waals surface area contributed by atoms with Crippen molar-refractivity contribution in [1.29, 1.82) is 0 Å². The molecule has 116 valence electrons. The average Bonchev–Trinajstić information content (AvgIpc) is 2.98. The van der Waals surface area contributed by atoms with Crippen LogP contribution in [0.4, 0.5) is 4.39 Å². The van der Waals surface area contributed by atoms with Crippen LogP contribution in [0.5, 0.6) is 0 Å². The molecule has 1 aliphatic heterocycles. The number of hydrogen-bond donors (Lipinski definition) is 0. The molecule has 3 nitrogen and oxygen atoms in total. The van der Waals surface area contributed by atoms with Crippen LogP contribution in [-0.4, -0.2) is 19.3 Å². The summed E-state index contributed by atoms with van der Waals surface area (Å²) in [5, 5.41) is 0. The van der Waals surface area contributed by atoms with Gasteiger partial charge in [-0.05, 0) is 49.1 Å². The minimum Gasteiger partial charge on any atom is -0.207 e. The topological polar surface area (TPSA) is 37.4 Å². The molecular weight excluding hydrogens is 301 g/mol. The van der Waals surface area contributed by atoms with E-state index in [4.69, 9.17) is 0 Å². The van der Waals surface area contributed by atoms with Gasteiger partial charge >= 0.3 is 0 Å². The summed E-state index contributed by atoms with van der Waals surface area (Å²) < 4.78 is 40.9. The highest BCUT2D eigenvalue weighted by atomic mass is 32.2. The first-order chi connectivity index (χ1) is 10.5. The summed E-state index contributed by atoms with van der Waals surface area (Å²) in [6.07, 6.45) is 1.50. The summed E-state index contributed by atoms with van der Waals surface area (Å²) in [6.45, 7) is 2.26. The van der Waals surface area contributed by atoms with Crippen molar-refractivity contribution < 1.29 is 12.8 Å². The smallest absolute Gasteiger partial charge is 0.207 e. The third-order valence-corrected chi connectivity index (χ3v) is 6.19. The Kier molecular flexibility index (Phi) is 4.02. The maximum Gasteiger partial charge on any atom is 0.243 e.